The number of hydrogen-bond acceptors (Lipinski definition) is 2. The number of nitrogens with zero attached hydrogens (tertiary/aromatic N) is 2. The van der Waals surface area contributed by atoms with Gasteiger partial charge in [0.2, 0.25) is 0 Å². The zero-order valence-corrected chi connectivity index (χ0v) is 9.74. The van der Waals surface area contributed by atoms with Gasteiger partial charge in [0.25, 0.3) is 5.91 Å². The first kappa shape index (κ1) is 10.7. The van der Waals surface area contributed by atoms with Gasteiger partial charge in [-0.15, -0.1) is 0 Å². The van der Waals surface area contributed by atoms with E-state index in [1.54, 1.807) is 19.0 Å². The Kier molecular flexibility index (Phi) is 2.64. The standard InChI is InChI=1S/C12H15N3O/c1-4-10-13-9-7-5-6-8(11(9)14-10)12(16)15(2)3/h5-7H,4H2,1-3H3,(H,13,14). The smallest absolute Gasteiger partial charge is 0.255 e. The molecule has 4 heteroatoms. The molecule has 1 aromatic carbocycles. The van der Waals surface area contributed by atoms with Crippen LogP contribution in [0.4, 0.5) is 0 Å². The minimum atomic E-state index is -0.0141. The van der Waals surface area contributed by atoms with Crippen LogP contribution < -0.4 is 0 Å². The summed E-state index contributed by atoms with van der Waals surface area (Å²) in [4.78, 5) is 21.1. The van der Waals surface area contributed by atoms with Gasteiger partial charge in [-0.1, -0.05) is 13.0 Å². The highest BCUT2D eigenvalue weighted by atomic mass is 16.2. The molecule has 0 saturated heterocycles. The van der Waals surface area contributed by atoms with Gasteiger partial charge >= 0.3 is 0 Å². The van der Waals surface area contributed by atoms with E-state index in [4.69, 9.17) is 0 Å². The van der Waals surface area contributed by atoms with Crippen LogP contribution in [0.15, 0.2) is 18.2 Å². The van der Waals surface area contributed by atoms with Gasteiger partial charge in [0.1, 0.15) is 11.3 Å². The Morgan fingerprint density at radius 2 is 2.19 bits per heavy atom. The van der Waals surface area contributed by atoms with Crippen LogP contribution >= 0.6 is 0 Å². The first-order valence-corrected chi connectivity index (χ1v) is 5.32. The van der Waals surface area contributed by atoms with Crippen LogP contribution in [0.2, 0.25) is 0 Å². The zero-order chi connectivity index (χ0) is 11.7. The van der Waals surface area contributed by atoms with Gasteiger partial charge in [0.15, 0.2) is 0 Å². The lowest BCUT2D eigenvalue weighted by molar-refractivity contribution is 0.0829. The fraction of sp³-hybridized carbons (Fsp3) is 0.333. The third-order valence-electron chi connectivity index (χ3n) is 2.53. The molecule has 1 N–H and O–H groups in total. The Labute approximate surface area is 94.3 Å². The Bertz CT molecular complexity index is 528. The molecule has 0 bridgehead atoms. The first-order valence-electron chi connectivity index (χ1n) is 5.32. The largest absolute Gasteiger partial charge is 0.345 e. The fourth-order valence-electron chi connectivity index (χ4n) is 1.66. The summed E-state index contributed by atoms with van der Waals surface area (Å²) >= 11 is 0. The van der Waals surface area contributed by atoms with Crippen molar-refractivity contribution in [3.63, 3.8) is 0 Å². The second-order valence-electron chi connectivity index (χ2n) is 3.94. The molecule has 0 spiro atoms. The molecule has 1 amide bonds. The molecule has 84 valence electrons. The van der Waals surface area contributed by atoms with E-state index < -0.39 is 0 Å². The van der Waals surface area contributed by atoms with Crippen LogP contribution in [-0.4, -0.2) is 34.9 Å². The van der Waals surface area contributed by atoms with E-state index >= 15 is 0 Å². The first-order chi connectivity index (χ1) is 7.63. The van der Waals surface area contributed by atoms with Gasteiger partial charge in [0.05, 0.1) is 11.1 Å². The number of imidazole rings is 1. The number of carbonyl (C=O) groups is 1. The van der Waals surface area contributed by atoms with Crippen molar-refractivity contribution in [2.24, 2.45) is 0 Å². The lowest BCUT2D eigenvalue weighted by atomic mass is 10.1. The van der Waals surface area contributed by atoms with Gasteiger partial charge in [-0.3, -0.25) is 4.79 Å². The number of benzene rings is 1. The van der Waals surface area contributed by atoms with Crippen molar-refractivity contribution >= 4 is 16.9 Å². The van der Waals surface area contributed by atoms with Gasteiger partial charge in [0, 0.05) is 20.5 Å². The molecule has 0 aliphatic heterocycles. The minimum Gasteiger partial charge on any atom is -0.345 e. The van der Waals surface area contributed by atoms with E-state index in [0.717, 1.165) is 23.3 Å². The zero-order valence-electron chi connectivity index (χ0n) is 9.74. The maximum absolute atomic E-state index is 11.9. The van der Waals surface area contributed by atoms with Gasteiger partial charge < -0.3 is 9.88 Å². The molecule has 0 radical (unpaired) electrons. The number of fused-ring (bicyclic) bond motifs is 1. The monoisotopic (exact) mass is 217 g/mol. The summed E-state index contributed by atoms with van der Waals surface area (Å²) in [6, 6.07) is 5.62. The molecule has 0 saturated carbocycles. The van der Waals surface area contributed by atoms with Crippen molar-refractivity contribution in [2.45, 2.75) is 13.3 Å². The number of rotatable bonds is 2. The number of para-hydroxylation sites is 1. The average Bonchev–Trinajstić information content (AvgIpc) is 2.70. The predicted octanol–water partition coefficient (Wildman–Crippen LogP) is 1.83. The van der Waals surface area contributed by atoms with Crippen LogP contribution in [0.3, 0.4) is 0 Å². The number of aromatic amines is 1. The Hall–Kier alpha value is -1.84. The summed E-state index contributed by atoms with van der Waals surface area (Å²) in [5.74, 6) is 0.897. The maximum Gasteiger partial charge on any atom is 0.255 e. The number of hydrogen-bond donors (Lipinski definition) is 1. The number of amides is 1. The Morgan fingerprint density at radius 1 is 1.44 bits per heavy atom. The summed E-state index contributed by atoms with van der Waals surface area (Å²) in [7, 11) is 3.49. The highest BCUT2D eigenvalue weighted by Crippen LogP contribution is 2.17. The summed E-state index contributed by atoms with van der Waals surface area (Å²) in [5, 5.41) is 0. The van der Waals surface area contributed by atoms with Gasteiger partial charge in [-0.05, 0) is 12.1 Å². The number of carbonyl (C=O) groups excluding carboxylic acids is 1. The number of H-pyrrole nitrogens is 1. The van der Waals surface area contributed by atoms with Crippen molar-refractivity contribution in [1.82, 2.24) is 14.9 Å². The van der Waals surface area contributed by atoms with Gasteiger partial charge in [-0.25, -0.2) is 4.98 Å². The molecule has 0 fully saturated rings. The lowest BCUT2D eigenvalue weighted by Crippen LogP contribution is -2.21. The Balaban J connectivity index is 2.61. The van der Waals surface area contributed by atoms with E-state index in [1.807, 2.05) is 25.1 Å². The lowest BCUT2D eigenvalue weighted by Gasteiger charge is -2.09. The predicted molar refractivity (Wildman–Crippen MR) is 63.5 cm³/mol. The molecular formula is C12H15N3O. The molecule has 0 unspecified atom stereocenters. The fourth-order valence-corrected chi connectivity index (χ4v) is 1.66. The van der Waals surface area contributed by atoms with Crippen LogP contribution in [0.1, 0.15) is 23.1 Å². The molecular weight excluding hydrogens is 202 g/mol. The molecule has 0 aliphatic carbocycles. The van der Waals surface area contributed by atoms with E-state index in [9.17, 15) is 4.79 Å². The van der Waals surface area contributed by atoms with E-state index in [2.05, 4.69) is 9.97 Å². The molecule has 16 heavy (non-hydrogen) atoms. The van der Waals surface area contributed by atoms with E-state index in [0.29, 0.717) is 5.56 Å². The molecule has 1 aromatic heterocycles. The summed E-state index contributed by atoms with van der Waals surface area (Å²) in [6.07, 6.45) is 0.838. The number of nitrogens with one attached hydrogen (secondary N) is 1. The SMILES string of the molecule is CCc1nc2c(C(=O)N(C)C)cccc2[nH]1. The minimum absolute atomic E-state index is 0.0141. The molecule has 0 aliphatic rings. The molecule has 2 aromatic rings. The Morgan fingerprint density at radius 3 is 2.81 bits per heavy atom. The highest BCUT2D eigenvalue weighted by molar-refractivity contribution is 6.04. The molecule has 4 nitrogen and oxygen atoms in total. The second kappa shape index (κ2) is 3.96. The van der Waals surface area contributed by atoms with Crippen LogP contribution in [-0.2, 0) is 6.42 Å². The van der Waals surface area contributed by atoms with Crippen molar-refractivity contribution in [2.75, 3.05) is 14.1 Å². The van der Waals surface area contributed by atoms with Crippen LogP contribution in [0.5, 0.6) is 0 Å². The molecule has 2 rings (SSSR count). The number of aryl methyl sites for hydroxylation is 1. The third kappa shape index (κ3) is 1.66. The normalized spacial score (nSPS) is 10.7. The molecule has 0 atom stereocenters. The summed E-state index contributed by atoms with van der Waals surface area (Å²) in [6.45, 7) is 2.03. The van der Waals surface area contributed by atoms with E-state index in [-0.39, 0.29) is 5.91 Å². The quantitative estimate of drug-likeness (QED) is 0.834. The highest BCUT2D eigenvalue weighted by Gasteiger charge is 2.14. The average molecular weight is 217 g/mol. The van der Waals surface area contributed by atoms with Crippen LogP contribution in [0.25, 0.3) is 11.0 Å². The second-order valence-corrected chi connectivity index (χ2v) is 3.94. The summed E-state index contributed by atoms with van der Waals surface area (Å²) in [5.41, 5.74) is 2.33. The van der Waals surface area contributed by atoms with Crippen molar-refractivity contribution in [3.05, 3.63) is 29.6 Å². The topological polar surface area (TPSA) is 49.0 Å². The van der Waals surface area contributed by atoms with E-state index in [1.165, 1.54) is 0 Å². The van der Waals surface area contributed by atoms with Crippen LogP contribution in [0, 0.1) is 0 Å². The van der Waals surface area contributed by atoms with Crippen molar-refractivity contribution in [3.8, 4) is 0 Å². The van der Waals surface area contributed by atoms with Crippen molar-refractivity contribution in [1.29, 1.82) is 0 Å². The van der Waals surface area contributed by atoms with Crippen molar-refractivity contribution < 1.29 is 4.79 Å². The summed E-state index contributed by atoms with van der Waals surface area (Å²) < 4.78 is 0. The maximum atomic E-state index is 11.9. The number of aromatic nitrogens is 2. The molecule has 1 heterocycles. The third-order valence-corrected chi connectivity index (χ3v) is 2.53. The van der Waals surface area contributed by atoms with Gasteiger partial charge in [-0.2, -0.15) is 0 Å².